The Balaban J connectivity index is 1.68. The third-order valence-corrected chi connectivity index (χ3v) is 5.89. The summed E-state index contributed by atoms with van der Waals surface area (Å²) >= 11 is 0. The number of carbonyl (C=O) groups excluding carboxylic acids is 2. The van der Waals surface area contributed by atoms with E-state index in [-0.39, 0.29) is 11.8 Å². The van der Waals surface area contributed by atoms with Crippen LogP contribution in [-0.2, 0) is 29.7 Å². The molecule has 0 radical (unpaired) electrons. The van der Waals surface area contributed by atoms with E-state index in [1.165, 1.54) is 6.92 Å². The lowest BCUT2D eigenvalue weighted by molar-refractivity contribution is -0.143. The summed E-state index contributed by atoms with van der Waals surface area (Å²) in [6.45, 7) is 4.66. The highest BCUT2D eigenvalue weighted by molar-refractivity contribution is 5.87. The normalized spacial score (nSPS) is 16.0. The van der Waals surface area contributed by atoms with Crippen LogP contribution in [0.1, 0.15) is 36.9 Å². The number of rotatable bonds is 6. The van der Waals surface area contributed by atoms with Gasteiger partial charge in [-0.2, -0.15) is 0 Å². The van der Waals surface area contributed by atoms with Crippen LogP contribution < -0.4 is 0 Å². The van der Waals surface area contributed by atoms with Crippen molar-refractivity contribution in [2.24, 2.45) is 7.05 Å². The van der Waals surface area contributed by atoms with Crippen molar-refractivity contribution >= 4 is 11.8 Å². The molecular formula is C23H27N5O3. The second-order valence-corrected chi connectivity index (χ2v) is 7.95. The van der Waals surface area contributed by atoms with Crippen molar-refractivity contribution in [3.63, 3.8) is 0 Å². The maximum atomic E-state index is 13.6. The minimum Gasteiger partial charge on any atom is -0.361 e. The van der Waals surface area contributed by atoms with Gasteiger partial charge >= 0.3 is 0 Å². The molecule has 0 aliphatic carbocycles. The van der Waals surface area contributed by atoms with Crippen LogP contribution in [0.5, 0.6) is 0 Å². The fourth-order valence-corrected chi connectivity index (χ4v) is 4.13. The van der Waals surface area contributed by atoms with Crippen LogP contribution in [0.3, 0.4) is 0 Å². The smallest absolute Gasteiger partial charge is 0.246 e. The van der Waals surface area contributed by atoms with Gasteiger partial charge in [0.05, 0.1) is 13.1 Å². The van der Waals surface area contributed by atoms with E-state index in [1.807, 2.05) is 55.1 Å². The molecule has 162 valence electrons. The first-order valence-electron chi connectivity index (χ1n) is 10.5. The zero-order valence-corrected chi connectivity index (χ0v) is 18.1. The lowest BCUT2D eigenvalue weighted by atomic mass is 10.1. The zero-order chi connectivity index (χ0) is 22.0. The quantitative estimate of drug-likeness (QED) is 0.611. The topological polar surface area (TPSA) is 84.5 Å². The summed E-state index contributed by atoms with van der Waals surface area (Å²) in [6.07, 6.45) is 5.07. The minimum absolute atomic E-state index is 0.0704. The highest BCUT2D eigenvalue weighted by Crippen LogP contribution is 2.28. The van der Waals surface area contributed by atoms with Gasteiger partial charge in [-0.25, -0.2) is 4.98 Å². The lowest BCUT2D eigenvalue weighted by Gasteiger charge is -2.30. The van der Waals surface area contributed by atoms with Gasteiger partial charge in [-0.1, -0.05) is 35.5 Å². The molecule has 1 saturated heterocycles. The summed E-state index contributed by atoms with van der Waals surface area (Å²) in [5.74, 6) is 1.30. The Bertz CT molecular complexity index is 1070. The highest BCUT2D eigenvalue weighted by Gasteiger charge is 2.36. The predicted molar refractivity (Wildman–Crippen MR) is 115 cm³/mol. The van der Waals surface area contributed by atoms with E-state index in [1.54, 1.807) is 16.0 Å². The van der Waals surface area contributed by atoms with Crippen molar-refractivity contribution in [2.75, 3.05) is 6.54 Å². The molecular weight excluding hydrogens is 394 g/mol. The molecule has 1 aliphatic rings. The summed E-state index contributed by atoms with van der Waals surface area (Å²) in [5, 5.41) is 4.26. The van der Waals surface area contributed by atoms with Gasteiger partial charge in [-0.3, -0.25) is 9.59 Å². The van der Waals surface area contributed by atoms with E-state index in [0.717, 1.165) is 29.1 Å². The summed E-state index contributed by atoms with van der Waals surface area (Å²) < 4.78 is 7.40. The van der Waals surface area contributed by atoms with Crippen LogP contribution in [0.4, 0.5) is 0 Å². The number of nitrogens with zero attached hydrogens (tertiary/aromatic N) is 5. The summed E-state index contributed by atoms with van der Waals surface area (Å²) in [5.41, 5.74) is 2.52. The van der Waals surface area contributed by atoms with Crippen LogP contribution in [0.25, 0.3) is 11.3 Å². The number of hydrogen-bond donors (Lipinski definition) is 0. The van der Waals surface area contributed by atoms with E-state index >= 15 is 0 Å². The average Bonchev–Trinajstić information content (AvgIpc) is 3.49. The Morgan fingerprint density at radius 2 is 2.00 bits per heavy atom. The summed E-state index contributed by atoms with van der Waals surface area (Å²) in [7, 11) is 1.91. The van der Waals surface area contributed by atoms with E-state index in [9.17, 15) is 9.59 Å². The second kappa shape index (κ2) is 8.75. The van der Waals surface area contributed by atoms with Gasteiger partial charge in [0.2, 0.25) is 11.8 Å². The van der Waals surface area contributed by atoms with E-state index in [0.29, 0.717) is 31.8 Å². The summed E-state index contributed by atoms with van der Waals surface area (Å²) in [6, 6.07) is 9.34. The molecule has 4 rings (SSSR count). The van der Waals surface area contributed by atoms with Crippen LogP contribution in [0.2, 0.25) is 0 Å². The van der Waals surface area contributed by atoms with Crippen molar-refractivity contribution < 1.29 is 14.1 Å². The number of imidazole rings is 1. The maximum absolute atomic E-state index is 13.6. The fraction of sp³-hybridized carbons (Fsp3) is 0.391. The van der Waals surface area contributed by atoms with Gasteiger partial charge in [0.1, 0.15) is 23.3 Å². The number of aromatic nitrogens is 3. The SMILES string of the molecule is CC(=O)N1CCC[C@@H]1C(=O)N(Cc1c(-c2ccccc2)noc1C)Cc1nccn1C. The van der Waals surface area contributed by atoms with Gasteiger partial charge in [0.25, 0.3) is 0 Å². The molecule has 0 N–H and O–H groups in total. The van der Waals surface area contributed by atoms with Crippen molar-refractivity contribution in [3.8, 4) is 11.3 Å². The Hall–Kier alpha value is -3.42. The molecule has 2 amide bonds. The Morgan fingerprint density at radius 1 is 1.23 bits per heavy atom. The van der Waals surface area contributed by atoms with Gasteiger partial charge in [0, 0.05) is 44.0 Å². The highest BCUT2D eigenvalue weighted by atomic mass is 16.5. The number of carbonyl (C=O) groups is 2. The Labute approximate surface area is 181 Å². The van der Waals surface area contributed by atoms with Crippen molar-refractivity contribution in [2.45, 2.75) is 45.8 Å². The van der Waals surface area contributed by atoms with Crippen LogP contribution in [0.15, 0.2) is 47.2 Å². The minimum atomic E-state index is -0.446. The molecule has 0 saturated carbocycles. The third kappa shape index (κ3) is 4.23. The molecule has 8 nitrogen and oxygen atoms in total. The standard InChI is InChI=1S/C23H27N5O3/c1-16-19(22(25-31-16)18-8-5-4-6-9-18)14-27(15-21-24-11-13-26(21)3)23(30)20-10-7-12-28(20)17(2)29/h4-6,8-9,11,13,20H,7,10,12,14-15H2,1-3H3/t20-/m1/s1. The zero-order valence-electron chi connectivity index (χ0n) is 18.1. The molecule has 1 aromatic carbocycles. The largest absolute Gasteiger partial charge is 0.361 e. The Morgan fingerprint density at radius 3 is 2.68 bits per heavy atom. The molecule has 8 heteroatoms. The Kier molecular flexibility index (Phi) is 5.88. The maximum Gasteiger partial charge on any atom is 0.246 e. The molecule has 1 atom stereocenters. The van der Waals surface area contributed by atoms with Gasteiger partial charge in [-0.15, -0.1) is 0 Å². The molecule has 3 heterocycles. The molecule has 1 fully saturated rings. The van der Waals surface area contributed by atoms with E-state index < -0.39 is 6.04 Å². The van der Waals surface area contributed by atoms with Gasteiger partial charge in [0.15, 0.2) is 0 Å². The van der Waals surface area contributed by atoms with Crippen molar-refractivity contribution in [1.29, 1.82) is 0 Å². The number of likely N-dealkylation sites (tertiary alicyclic amines) is 1. The van der Waals surface area contributed by atoms with Crippen LogP contribution in [-0.4, -0.2) is 48.9 Å². The monoisotopic (exact) mass is 421 g/mol. The molecule has 0 bridgehead atoms. The lowest BCUT2D eigenvalue weighted by Crippen LogP contribution is -2.47. The average molecular weight is 422 g/mol. The van der Waals surface area contributed by atoms with Crippen LogP contribution >= 0.6 is 0 Å². The number of aryl methyl sites for hydroxylation is 2. The molecule has 3 aromatic rings. The van der Waals surface area contributed by atoms with E-state index in [4.69, 9.17) is 4.52 Å². The van der Waals surface area contributed by atoms with E-state index in [2.05, 4.69) is 10.1 Å². The molecule has 1 aliphatic heterocycles. The van der Waals surface area contributed by atoms with Gasteiger partial charge < -0.3 is 18.9 Å². The van der Waals surface area contributed by atoms with Gasteiger partial charge in [-0.05, 0) is 19.8 Å². The molecule has 31 heavy (non-hydrogen) atoms. The first-order chi connectivity index (χ1) is 15.0. The molecule has 0 unspecified atom stereocenters. The summed E-state index contributed by atoms with van der Waals surface area (Å²) in [4.78, 5) is 33.5. The first kappa shape index (κ1) is 20.8. The third-order valence-electron chi connectivity index (χ3n) is 5.89. The molecule has 2 aromatic heterocycles. The second-order valence-electron chi connectivity index (χ2n) is 7.95. The predicted octanol–water partition coefficient (Wildman–Crippen LogP) is 2.92. The number of benzene rings is 1. The van der Waals surface area contributed by atoms with Crippen LogP contribution in [0, 0.1) is 6.92 Å². The first-order valence-corrected chi connectivity index (χ1v) is 10.5. The number of hydrogen-bond acceptors (Lipinski definition) is 5. The van der Waals surface area contributed by atoms with Crippen molar-refractivity contribution in [3.05, 3.63) is 59.9 Å². The fourth-order valence-electron chi connectivity index (χ4n) is 4.13. The molecule has 0 spiro atoms. The van der Waals surface area contributed by atoms with Crippen molar-refractivity contribution in [1.82, 2.24) is 24.5 Å². The number of amides is 2.